The van der Waals surface area contributed by atoms with E-state index in [4.69, 9.17) is 24.7 Å². The largest absolute Gasteiger partial charge is 0.495 e. The number of anilines is 3. The number of nitrogens with two attached hydrogens (primary N) is 1. The summed E-state index contributed by atoms with van der Waals surface area (Å²) in [6.45, 7) is 6.69. The minimum Gasteiger partial charge on any atom is -0.495 e. The lowest BCUT2D eigenvalue weighted by atomic mass is 9.85. The number of urea groups is 1. The number of hydrogen-bond donors (Lipinski definition) is 5. The standard InChI is InChI=1S/C50H59N11O9/c1-50(2,3)38-27-39(58-70-38)55-41(63)24-30-11-13-31(14-12-30)44-45-46(51)53-28-35-10-5-6-20-59(29-42(64)54-34-9-7-8-32(25-34)47(57-44)61(35)45)43(65)18-22-69-23-19-52-48(66)33-15-16-37(68-4)36(26-33)60-21-17-40(62)56-49(60)67/h5,10-16,26-28,32,34H,6-9,17-25,29H2,1-4H3,(H2,51,53)(H,52,66)(H,54,64)(H,55,58,63)(H,56,62,67)/b10-5+/t32-,34-/m1/s1. The van der Waals surface area contributed by atoms with Gasteiger partial charge in [0, 0.05) is 60.6 Å². The molecule has 2 aliphatic heterocycles. The first-order valence-corrected chi connectivity index (χ1v) is 23.6. The fourth-order valence-electron chi connectivity index (χ4n) is 8.95. The third-order valence-electron chi connectivity index (χ3n) is 12.6. The molecule has 3 aromatic heterocycles. The zero-order valence-electron chi connectivity index (χ0n) is 39.8. The summed E-state index contributed by atoms with van der Waals surface area (Å²) < 4.78 is 18.6. The van der Waals surface area contributed by atoms with E-state index < -0.39 is 11.9 Å². The molecule has 1 saturated carbocycles. The van der Waals surface area contributed by atoms with Crippen LogP contribution in [0.3, 0.4) is 0 Å². The Kier molecular flexibility index (Phi) is 14.9. The molecule has 20 nitrogen and oxygen atoms in total. The molecule has 0 radical (unpaired) electrons. The van der Waals surface area contributed by atoms with Crippen molar-refractivity contribution >= 4 is 64.5 Å². The molecule has 7 amide bonds. The van der Waals surface area contributed by atoms with E-state index in [2.05, 4.69) is 35.8 Å². The predicted octanol–water partition coefficient (Wildman–Crippen LogP) is 5.12. The van der Waals surface area contributed by atoms with Gasteiger partial charge < -0.3 is 40.6 Å². The lowest BCUT2D eigenvalue weighted by Gasteiger charge is -2.30. The molecule has 8 rings (SSSR count). The van der Waals surface area contributed by atoms with E-state index in [1.165, 1.54) is 18.1 Å². The third-order valence-corrected chi connectivity index (χ3v) is 12.6. The van der Waals surface area contributed by atoms with Crippen LogP contribution in [-0.4, -0.2) is 113 Å². The van der Waals surface area contributed by atoms with Crippen molar-refractivity contribution in [1.82, 2.24) is 40.4 Å². The second kappa shape index (κ2) is 21.4. The van der Waals surface area contributed by atoms with Gasteiger partial charge in [-0.15, -0.1) is 0 Å². The van der Waals surface area contributed by atoms with Gasteiger partial charge in [0.15, 0.2) is 5.82 Å². The molecule has 20 heteroatoms. The number of benzene rings is 2. The number of nitrogen functional groups attached to an aromatic ring is 1. The van der Waals surface area contributed by atoms with E-state index in [1.54, 1.807) is 29.3 Å². The Hall–Kier alpha value is -7.61. The molecule has 2 atom stereocenters. The second-order valence-corrected chi connectivity index (χ2v) is 18.7. The van der Waals surface area contributed by atoms with Crippen molar-refractivity contribution in [2.45, 2.75) is 89.5 Å². The topological polar surface area (TPSA) is 258 Å². The van der Waals surface area contributed by atoms with Crippen LogP contribution in [0.15, 0.2) is 65.3 Å². The fourth-order valence-corrected chi connectivity index (χ4v) is 8.95. The van der Waals surface area contributed by atoms with Crippen LogP contribution in [0.1, 0.15) is 105 Å². The molecule has 0 spiro atoms. The van der Waals surface area contributed by atoms with Crippen molar-refractivity contribution in [3.05, 3.63) is 89.2 Å². The molecular formula is C50H59N11O9. The molecule has 2 aromatic carbocycles. The first-order chi connectivity index (χ1) is 33.6. The number of amides is 7. The SMILES string of the molecule is COc1ccc(C(=O)NCCOCCC(=O)N2CC/C=C/c3cnc(N)c4c(-c5ccc(CC(=O)Nc6cc(C(C)(C)C)on6)cc5)nc(n34)[C@@H]3CCC[C@H](C3)NC(=O)C2)cc1N1CCC(=O)NC1=O. The lowest BCUT2D eigenvalue weighted by molar-refractivity contribution is -0.137. The average Bonchev–Trinajstić information content (AvgIpc) is 3.98. The number of nitrogens with zero attached hydrogens (tertiary/aromatic N) is 6. The maximum atomic E-state index is 13.6. The van der Waals surface area contributed by atoms with E-state index in [1.807, 2.05) is 57.2 Å². The molecule has 6 N–H and O–H groups in total. The Labute approximate surface area is 404 Å². The summed E-state index contributed by atoms with van der Waals surface area (Å²) in [7, 11) is 1.45. The number of carbonyl (C=O) groups is 6. The van der Waals surface area contributed by atoms with E-state index >= 15 is 0 Å². The summed E-state index contributed by atoms with van der Waals surface area (Å²) in [5.41, 5.74) is 10.7. The summed E-state index contributed by atoms with van der Waals surface area (Å²) in [6.07, 6.45) is 9.46. The first-order valence-electron chi connectivity index (χ1n) is 23.6. The highest BCUT2D eigenvalue weighted by Crippen LogP contribution is 2.38. The molecule has 1 saturated heterocycles. The number of hydrogen-bond acceptors (Lipinski definition) is 13. The minimum absolute atomic E-state index is 0.0142. The zero-order chi connectivity index (χ0) is 49.5. The quantitative estimate of drug-likeness (QED) is 0.0962. The Balaban J connectivity index is 0.898. The monoisotopic (exact) mass is 957 g/mol. The van der Waals surface area contributed by atoms with Crippen LogP contribution in [0.2, 0.25) is 0 Å². The Morgan fingerprint density at radius 3 is 2.57 bits per heavy atom. The summed E-state index contributed by atoms with van der Waals surface area (Å²) in [6, 6.07) is 13.3. The van der Waals surface area contributed by atoms with E-state index in [-0.39, 0.29) is 105 Å². The molecule has 70 heavy (non-hydrogen) atoms. The van der Waals surface area contributed by atoms with Crippen LogP contribution in [0, 0.1) is 0 Å². The van der Waals surface area contributed by atoms with Gasteiger partial charge in [-0.05, 0) is 55.5 Å². The Morgan fingerprint density at radius 1 is 1.00 bits per heavy atom. The minimum atomic E-state index is -0.598. The van der Waals surface area contributed by atoms with Gasteiger partial charge in [-0.3, -0.25) is 38.6 Å². The number of aromatic nitrogens is 4. The van der Waals surface area contributed by atoms with Crippen molar-refractivity contribution in [3.63, 3.8) is 0 Å². The first kappa shape index (κ1) is 48.8. The van der Waals surface area contributed by atoms with E-state index in [9.17, 15) is 28.8 Å². The number of fused-ring (bicyclic) bond motifs is 3. The number of methoxy groups -OCH3 is 1. The third kappa shape index (κ3) is 11.5. The van der Waals surface area contributed by atoms with Crippen molar-refractivity contribution in [2.24, 2.45) is 0 Å². The average molecular weight is 958 g/mol. The van der Waals surface area contributed by atoms with Gasteiger partial charge in [-0.1, -0.05) is 62.7 Å². The van der Waals surface area contributed by atoms with Crippen LogP contribution >= 0.6 is 0 Å². The molecule has 368 valence electrons. The number of imidazole rings is 1. The van der Waals surface area contributed by atoms with Gasteiger partial charge in [-0.2, -0.15) is 0 Å². The van der Waals surface area contributed by atoms with Gasteiger partial charge in [-0.25, -0.2) is 14.8 Å². The normalized spacial score (nSPS) is 18.1. The maximum absolute atomic E-state index is 13.6. The number of carbonyl (C=O) groups excluding carboxylic acids is 6. The summed E-state index contributed by atoms with van der Waals surface area (Å²) in [5.74, 6) is 1.05. The summed E-state index contributed by atoms with van der Waals surface area (Å²) in [5, 5.41) is 15.1. The highest BCUT2D eigenvalue weighted by molar-refractivity contribution is 6.07. The van der Waals surface area contributed by atoms with E-state index in [0.29, 0.717) is 52.9 Å². The molecule has 1 aliphatic carbocycles. The highest BCUT2D eigenvalue weighted by atomic mass is 16.5. The molecule has 3 aliphatic rings. The number of nitrogens with one attached hydrogen (secondary N) is 4. The van der Waals surface area contributed by atoms with E-state index in [0.717, 1.165) is 41.9 Å². The summed E-state index contributed by atoms with van der Waals surface area (Å²) in [4.78, 5) is 90.0. The molecule has 5 heterocycles. The maximum Gasteiger partial charge on any atom is 0.328 e. The van der Waals surface area contributed by atoms with Gasteiger partial charge >= 0.3 is 6.03 Å². The van der Waals surface area contributed by atoms with Crippen molar-refractivity contribution in [2.75, 3.05) is 62.5 Å². The van der Waals surface area contributed by atoms with Gasteiger partial charge in [0.1, 0.15) is 34.4 Å². The smallest absolute Gasteiger partial charge is 0.328 e. The van der Waals surface area contributed by atoms with Gasteiger partial charge in [0.05, 0.1) is 57.3 Å². The van der Waals surface area contributed by atoms with Crippen LogP contribution in [0.25, 0.3) is 22.9 Å². The number of rotatable bonds is 13. The molecule has 2 fully saturated rings. The van der Waals surface area contributed by atoms with Gasteiger partial charge in [0.25, 0.3) is 5.91 Å². The Bertz CT molecular complexity index is 2810. The molecular weight excluding hydrogens is 899 g/mol. The zero-order valence-corrected chi connectivity index (χ0v) is 39.8. The molecule has 2 bridgehead atoms. The van der Waals surface area contributed by atoms with Crippen LogP contribution in [0.4, 0.5) is 22.1 Å². The van der Waals surface area contributed by atoms with Crippen LogP contribution in [-0.2, 0) is 35.8 Å². The fraction of sp³-hybridized carbons (Fsp3) is 0.420. The Morgan fingerprint density at radius 2 is 1.81 bits per heavy atom. The van der Waals surface area contributed by atoms with Gasteiger partial charge in [0.2, 0.25) is 23.6 Å². The second-order valence-electron chi connectivity index (χ2n) is 18.7. The summed E-state index contributed by atoms with van der Waals surface area (Å²) >= 11 is 0. The van der Waals surface area contributed by atoms with Crippen molar-refractivity contribution < 1.29 is 42.8 Å². The van der Waals surface area contributed by atoms with Crippen LogP contribution in [0.5, 0.6) is 5.75 Å². The number of imide groups is 1. The number of ether oxygens (including phenoxy) is 2. The predicted molar refractivity (Wildman–Crippen MR) is 260 cm³/mol. The van der Waals surface area contributed by atoms with Crippen LogP contribution < -0.4 is 36.6 Å². The van der Waals surface area contributed by atoms with Crippen molar-refractivity contribution in [1.29, 1.82) is 0 Å². The lowest BCUT2D eigenvalue weighted by Crippen LogP contribution is -2.49. The van der Waals surface area contributed by atoms with Crippen molar-refractivity contribution in [3.8, 4) is 17.0 Å². The molecule has 5 aromatic rings. The highest BCUT2D eigenvalue weighted by Gasteiger charge is 2.32. The molecule has 0 unspecified atom stereocenters.